The fourth-order valence-corrected chi connectivity index (χ4v) is 4.13. The van der Waals surface area contributed by atoms with Gasteiger partial charge >= 0.3 is 0 Å². The van der Waals surface area contributed by atoms with E-state index in [9.17, 15) is 14.7 Å². The molecule has 0 aromatic carbocycles. The summed E-state index contributed by atoms with van der Waals surface area (Å²) in [5.74, 6) is 0.326. The van der Waals surface area contributed by atoms with Crippen LogP contribution in [0.25, 0.3) is 0 Å². The van der Waals surface area contributed by atoms with Crippen molar-refractivity contribution in [3.05, 3.63) is 0 Å². The number of amides is 2. The second-order valence-electron chi connectivity index (χ2n) is 6.78. The van der Waals surface area contributed by atoms with Gasteiger partial charge in [-0.05, 0) is 31.6 Å². The van der Waals surface area contributed by atoms with Crippen molar-refractivity contribution in [2.45, 2.75) is 71.3 Å². The number of rotatable bonds is 4. The molecule has 0 bridgehead atoms. The summed E-state index contributed by atoms with van der Waals surface area (Å²) in [7, 11) is 0. The lowest BCUT2D eigenvalue weighted by molar-refractivity contribution is -0.153. The van der Waals surface area contributed by atoms with Crippen LogP contribution in [0, 0.1) is 11.3 Å². The third-order valence-electron chi connectivity index (χ3n) is 5.59. The van der Waals surface area contributed by atoms with Crippen molar-refractivity contribution in [1.29, 1.82) is 0 Å². The highest BCUT2D eigenvalue weighted by Gasteiger charge is 2.56. The zero-order valence-corrected chi connectivity index (χ0v) is 12.9. The van der Waals surface area contributed by atoms with Crippen LogP contribution in [0.2, 0.25) is 0 Å². The number of nitrogens with zero attached hydrogens (tertiary/aromatic N) is 1. The summed E-state index contributed by atoms with van der Waals surface area (Å²) in [6.45, 7) is 6.00. The molecule has 4 heteroatoms. The molecule has 0 spiro atoms. The highest BCUT2D eigenvalue weighted by atomic mass is 16.3. The van der Waals surface area contributed by atoms with Crippen LogP contribution in [0.3, 0.4) is 0 Å². The molecule has 0 aromatic rings. The molecule has 2 amide bonds. The van der Waals surface area contributed by atoms with Gasteiger partial charge in [0, 0.05) is 6.42 Å². The number of hydrogen-bond donors (Lipinski definition) is 1. The molecule has 1 aliphatic carbocycles. The number of aliphatic hydroxyl groups is 1. The van der Waals surface area contributed by atoms with Crippen molar-refractivity contribution < 1.29 is 14.7 Å². The maximum atomic E-state index is 12.9. The molecule has 4 nitrogen and oxygen atoms in total. The molecule has 1 N–H and O–H groups in total. The van der Waals surface area contributed by atoms with Gasteiger partial charge in [0.25, 0.3) is 0 Å². The van der Waals surface area contributed by atoms with E-state index in [0.717, 1.165) is 25.7 Å². The fraction of sp³-hybridized carbons (Fsp3) is 0.875. The lowest BCUT2D eigenvalue weighted by atomic mass is 9.75. The molecule has 2 atom stereocenters. The molecule has 0 aromatic heterocycles. The third-order valence-corrected chi connectivity index (χ3v) is 5.59. The zero-order chi connectivity index (χ0) is 15.0. The molecule has 1 saturated carbocycles. The Hall–Kier alpha value is -0.900. The van der Waals surface area contributed by atoms with Crippen LogP contribution in [-0.4, -0.2) is 34.0 Å². The summed E-state index contributed by atoms with van der Waals surface area (Å²) < 4.78 is 0. The molecule has 1 saturated heterocycles. The molecular weight excluding hydrogens is 254 g/mol. The summed E-state index contributed by atoms with van der Waals surface area (Å²) in [4.78, 5) is 26.8. The Bertz CT molecular complexity index is 403. The smallest absolute Gasteiger partial charge is 0.236 e. The van der Waals surface area contributed by atoms with Crippen LogP contribution in [0.4, 0.5) is 0 Å². The molecular formula is C16H27NO3. The largest absolute Gasteiger partial charge is 0.394 e. The number of aliphatic hydroxyl groups excluding tert-OH is 1. The van der Waals surface area contributed by atoms with Gasteiger partial charge in [0.15, 0.2) is 0 Å². The maximum Gasteiger partial charge on any atom is 0.236 e. The van der Waals surface area contributed by atoms with E-state index >= 15 is 0 Å². The number of carbonyl (C=O) groups is 2. The predicted octanol–water partition coefficient (Wildman–Crippen LogP) is 2.49. The second kappa shape index (κ2) is 5.47. The van der Waals surface area contributed by atoms with Crippen LogP contribution in [-0.2, 0) is 9.59 Å². The Morgan fingerprint density at radius 2 is 1.95 bits per heavy atom. The van der Waals surface area contributed by atoms with Crippen LogP contribution in [0.5, 0.6) is 0 Å². The minimum atomic E-state index is -0.641. The molecule has 1 heterocycles. The van der Waals surface area contributed by atoms with Gasteiger partial charge in [-0.1, -0.05) is 33.6 Å². The molecule has 2 unspecified atom stereocenters. The first-order valence-electron chi connectivity index (χ1n) is 7.93. The predicted molar refractivity (Wildman–Crippen MR) is 76.9 cm³/mol. The Kier molecular flexibility index (Phi) is 4.24. The molecule has 2 fully saturated rings. The first-order chi connectivity index (χ1) is 9.44. The quantitative estimate of drug-likeness (QED) is 0.805. The van der Waals surface area contributed by atoms with Crippen molar-refractivity contribution in [2.24, 2.45) is 11.3 Å². The molecule has 114 valence electrons. The highest BCUT2D eigenvalue weighted by Crippen LogP contribution is 2.46. The zero-order valence-electron chi connectivity index (χ0n) is 12.9. The van der Waals surface area contributed by atoms with Crippen LogP contribution < -0.4 is 0 Å². The van der Waals surface area contributed by atoms with E-state index in [2.05, 4.69) is 6.92 Å². The first-order valence-corrected chi connectivity index (χ1v) is 7.93. The van der Waals surface area contributed by atoms with E-state index in [1.54, 1.807) is 0 Å². The second-order valence-corrected chi connectivity index (χ2v) is 6.78. The minimum Gasteiger partial charge on any atom is -0.394 e. The summed E-state index contributed by atoms with van der Waals surface area (Å²) in [6, 6.07) is 0. The molecule has 20 heavy (non-hydrogen) atoms. The van der Waals surface area contributed by atoms with Crippen LogP contribution in [0.1, 0.15) is 65.7 Å². The van der Waals surface area contributed by atoms with Gasteiger partial charge in [0.05, 0.1) is 17.6 Å². The first kappa shape index (κ1) is 15.5. The lowest BCUT2D eigenvalue weighted by Crippen LogP contribution is -2.57. The summed E-state index contributed by atoms with van der Waals surface area (Å²) in [5, 5.41) is 9.92. The normalized spacial score (nSPS) is 33.8. The molecule has 2 rings (SSSR count). The SMILES string of the molecule is CCC1(CC)CC(=O)N(C2(CO)CCCC(C)C2)C1=O. The number of likely N-dealkylation sites (tertiary alicyclic amines) is 1. The Morgan fingerprint density at radius 3 is 2.40 bits per heavy atom. The Labute approximate surface area is 121 Å². The Balaban J connectivity index is 2.35. The van der Waals surface area contributed by atoms with Gasteiger partial charge in [-0.15, -0.1) is 0 Å². The van der Waals surface area contributed by atoms with Gasteiger partial charge < -0.3 is 5.11 Å². The average Bonchev–Trinajstić information content (AvgIpc) is 2.70. The minimum absolute atomic E-state index is 0.0457. The van der Waals surface area contributed by atoms with Crippen molar-refractivity contribution >= 4 is 11.8 Å². The third kappa shape index (κ3) is 2.18. The summed E-state index contributed by atoms with van der Waals surface area (Å²) in [5.41, 5.74) is -1.17. The van der Waals surface area contributed by atoms with E-state index in [1.807, 2.05) is 13.8 Å². The topological polar surface area (TPSA) is 57.6 Å². The number of hydrogen-bond acceptors (Lipinski definition) is 3. The Morgan fingerprint density at radius 1 is 1.30 bits per heavy atom. The van der Waals surface area contributed by atoms with E-state index < -0.39 is 11.0 Å². The van der Waals surface area contributed by atoms with Crippen molar-refractivity contribution in [3.63, 3.8) is 0 Å². The lowest BCUT2D eigenvalue weighted by Gasteiger charge is -2.45. The van der Waals surface area contributed by atoms with Gasteiger partial charge in [0.2, 0.25) is 11.8 Å². The standard InChI is InChI=1S/C16H27NO3/c1-4-15(5-2)10-13(19)17(14(15)20)16(11-18)8-6-7-12(3)9-16/h12,18H,4-11H2,1-3H3. The van der Waals surface area contributed by atoms with Gasteiger partial charge in [-0.25, -0.2) is 0 Å². The van der Waals surface area contributed by atoms with Gasteiger partial charge in [0.1, 0.15) is 0 Å². The molecule has 2 aliphatic rings. The summed E-state index contributed by atoms with van der Waals surface area (Å²) in [6.07, 6.45) is 5.28. The number of carbonyl (C=O) groups excluding carboxylic acids is 2. The molecule has 1 aliphatic heterocycles. The van der Waals surface area contributed by atoms with Crippen molar-refractivity contribution in [1.82, 2.24) is 4.90 Å². The van der Waals surface area contributed by atoms with E-state index in [1.165, 1.54) is 4.90 Å². The van der Waals surface area contributed by atoms with Crippen LogP contribution in [0.15, 0.2) is 0 Å². The maximum absolute atomic E-state index is 12.9. The monoisotopic (exact) mass is 281 g/mol. The van der Waals surface area contributed by atoms with Crippen LogP contribution >= 0.6 is 0 Å². The van der Waals surface area contributed by atoms with E-state index in [0.29, 0.717) is 25.2 Å². The van der Waals surface area contributed by atoms with Gasteiger partial charge in [-0.3, -0.25) is 14.5 Å². The van der Waals surface area contributed by atoms with Crippen molar-refractivity contribution in [2.75, 3.05) is 6.61 Å². The van der Waals surface area contributed by atoms with E-state index in [-0.39, 0.29) is 18.4 Å². The van der Waals surface area contributed by atoms with Crippen molar-refractivity contribution in [3.8, 4) is 0 Å². The fourth-order valence-electron chi connectivity index (χ4n) is 4.13. The molecule has 0 radical (unpaired) electrons. The van der Waals surface area contributed by atoms with Gasteiger partial charge in [-0.2, -0.15) is 0 Å². The summed E-state index contributed by atoms with van der Waals surface area (Å²) >= 11 is 0. The number of imide groups is 1. The highest BCUT2D eigenvalue weighted by molar-refractivity contribution is 6.06. The average molecular weight is 281 g/mol. The van der Waals surface area contributed by atoms with E-state index in [4.69, 9.17) is 0 Å².